The van der Waals surface area contributed by atoms with Crippen LogP contribution in [0.15, 0.2) is 35.5 Å². The van der Waals surface area contributed by atoms with E-state index in [4.69, 9.17) is 0 Å². The zero-order valence-corrected chi connectivity index (χ0v) is 21.6. The van der Waals surface area contributed by atoms with Crippen LogP contribution in [0.4, 0.5) is 0 Å². The van der Waals surface area contributed by atoms with Crippen LogP contribution in [0.5, 0.6) is 0 Å². The number of fused-ring (bicyclic) bond motifs is 1. The summed E-state index contributed by atoms with van der Waals surface area (Å²) in [5, 5.41) is 41.1. The first-order valence-electron chi connectivity index (χ1n) is 13.2. The molecule has 3 fully saturated rings. The molecule has 3 saturated carbocycles. The van der Waals surface area contributed by atoms with Crippen LogP contribution in [-0.2, 0) is 0 Å². The molecule has 0 aromatic rings. The van der Waals surface area contributed by atoms with Crippen LogP contribution in [0, 0.1) is 23.2 Å². The lowest BCUT2D eigenvalue weighted by Gasteiger charge is -2.44. The van der Waals surface area contributed by atoms with Gasteiger partial charge in [0.05, 0.1) is 23.4 Å². The summed E-state index contributed by atoms with van der Waals surface area (Å²) in [5.41, 5.74) is 1.43. The van der Waals surface area contributed by atoms with Gasteiger partial charge in [-0.3, -0.25) is 0 Å². The van der Waals surface area contributed by atoms with Crippen molar-refractivity contribution >= 4 is 0 Å². The van der Waals surface area contributed by atoms with Crippen molar-refractivity contribution < 1.29 is 20.4 Å². The van der Waals surface area contributed by atoms with Gasteiger partial charge in [0.2, 0.25) is 0 Å². The van der Waals surface area contributed by atoms with Crippen LogP contribution in [0.25, 0.3) is 0 Å². The normalized spacial score (nSPS) is 38.4. The summed E-state index contributed by atoms with van der Waals surface area (Å²) in [6, 6.07) is 0. The zero-order valence-electron chi connectivity index (χ0n) is 21.6. The Morgan fingerprint density at radius 1 is 1.15 bits per heavy atom. The summed E-state index contributed by atoms with van der Waals surface area (Å²) >= 11 is 0. The number of hydrogen-bond acceptors (Lipinski definition) is 4. The maximum atomic E-state index is 10.6. The Labute approximate surface area is 201 Å². The number of allylic oxidation sites excluding steroid dienone is 3. The average Bonchev–Trinajstić information content (AvgIpc) is 3.06. The van der Waals surface area contributed by atoms with Gasteiger partial charge in [-0.05, 0) is 100 Å². The molecule has 4 nitrogen and oxygen atoms in total. The first-order chi connectivity index (χ1) is 15.3. The summed E-state index contributed by atoms with van der Waals surface area (Å²) in [4.78, 5) is 0. The molecule has 3 aliphatic carbocycles. The van der Waals surface area contributed by atoms with Gasteiger partial charge in [-0.1, -0.05) is 51.0 Å². The monoisotopic (exact) mass is 460 g/mol. The number of hydrogen-bond donors (Lipinski definition) is 4. The predicted octanol–water partition coefficient (Wildman–Crippen LogP) is 5.46. The molecule has 0 saturated heterocycles. The highest BCUT2D eigenvalue weighted by Gasteiger charge is 2.50. The fourth-order valence-electron chi connectivity index (χ4n) is 6.95. The molecule has 4 heteroatoms. The van der Waals surface area contributed by atoms with E-state index in [0.717, 1.165) is 30.4 Å². The Balaban J connectivity index is 1.67. The van der Waals surface area contributed by atoms with Crippen LogP contribution >= 0.6 is 0 Å². The van der Waals surface area contributed by atoms with Crippen LogP contribution in [0.2, 0.25) is 0 Å². The Morgan fingerprint density at radius 2 is 1.85 bits per heavy atom. The van der Waals surface area contributed by atoms with Gasteiger partial charge >= 0.3 is 0 Å². The Hall–Kier alpha value is -0.940. The van der Waals surface area contributed by atoms with E-state index in [1.165, 1.54) is 31.3 Å². The quantitative estimate of drug-likeness (QED) is 0.407. The van der Waals surface area contributed by atoms with E-state index in [0.29, 0.717) is 42.4 Å². The highest BCUT2D eigenvalue weighted by molar-refractivity contribution is 5.38. The van der Waals surface area contributed by atoms with Crippen molar-refractivity contribution in [3.8, 4) is 0 Å². The molecule has 3 rings (SSSR count). The lowest BCUT2D eigenvalue weighted by molar-refractivity contribution is -0.125. The lowest BCUT2D eigenvalue weighted by atomic mass is 9.60. The van der Waals surface area contributed by atoms with E-state index in [-0.39, 0.29) is 0 Å². The largest absolute Gasteiger partial charge is 0.393 e. The Morgan fingerprint density at radius 3 is 2.52 bits per heavy atom. The van der Waals surface area contributed by atoms with E-state index >= 15 is 0 Å². The van der Waals surface area contributed by atoms with Crippen LogP contribution in [0.1, 0.15) is 98.8 Å². The molecule has 3 aliphatic rings. The molecule has 1 unspecified atom stereocenters. The van der Waals surface area contributed by atoms with Crippen molar-refractivity contribution in [2.45, 2.75) is 122 Å². The standard InChI is InChI=1S/C29H48O4/c1-19(9-7-16-29(6,33)27(3,4)32)24-13-14-25-21(10-8-15-28(24,25)5)11-12-22-17-23(30)18-26(31)20(22)2/h11-12,19,23-26,30-33H,2,7-10,13-18H2,1,3-6H3/b21-11+,22-12-/t19-,23-,24-,25?,26+,28-,29-/m1/s1. The molecule has 0 bridgehead atoms. The number of aliphatic hydroxyl groups is 4. The van der Waals surface area contributed by atoms with Crippen molar-refractivity contribution in [2.24, 2.45) is 23.2 Å². The summed E-state index contributed by atoms with van der Waals surface area (Å²) in [6.45, 7) is 14.1. The van der Waals surface area contributed by atoms with Crippen molar-refractivity contribution in [1.82, 2.24) is 0 Å². The van der Waals surface area contributed by atoms with E-state index in [9.17, 15) is 20.4 Å². The fourth-order valence-corrected chi connectivity index (χ4v) is 6.95. The van der Waals surface area contributed by atoms with Crippen molar-refractivity contribution in [3.63, 3.8) is 0 Å². The van der Waals surface area contributed by atoms with Crippen molar-refractivity contribution in [1.29, 1.82) is 0 Å². The van der Waals surface area contributed by atoms with Crippen LogP contribution < -0.4 is 0 Å². The van der Waals surface area contributed by atoms with Crippen molar-refractivity contribution in [2.75, 3.05) is 0 Å². The molecule has 33 heavy (non-hydrogen) atoms. The second-order valence-corrected chi connectivity index (χ2v) is 12.4. The lowest BCUT2D eigenvalue weighted by Crippen LogP contribution is -2.47. The molecule has 0 radical (unpaired) electrons. The van der Waals surface area contributed by atoms with E-state index in [1.54, 1.807) is 20.8 Å². The van der Waals surface area contributed by atoms with Gasteiger partial charge in [0, 0.05) is 6.42 Å². The van der Waals surface area contributed by atoms with Gasteiger partial charge < -0.3 is 20.4 Å². The minimum Gasteiger partial charge on any atom is -0.393 e. The minimum absolute atomic E-state index is 0.309. The minimum atomic E-state index is -1.09. The highest BCUT2D eigenvalue weighted by Crippen LogP contribution is 2.60. The summed E-state index contributed by atoms with van der Waals surface area (Å²) in [7, 11) is 0. The summed E-state index contributed by atoms with van der Waals surface area (Å²) in [6.07, 6.45) is 13.0. The third-order valence-corrected chi connectivity index (χ3v) is 9.63. The summed E-state index contributed by atoms with van der Waals surface area (Å²) in [5.74, 6) is 1.87. The second-order valence-electron chi connectivity index (χ2n) is 12.4. The van der Waals surface area contributed by atoms with Gasteiger partial charge in [0.1, 0.15) is 0 Å². The molecular weight excluding hydrogens is 412 g/mol. The van der Waals surface area contributed by atoms with Crippen LogP contribution in [-0.4, -0.2) is 43.8 Å². The van der Waals surface area contributed by atoms with Gasteiger partial charge in [0.25, 0.3) is 0 Å². The van der Waals surface area contributed by atoms with E-state index in [2.05, 4.69) is 32.6 Å². The topological polar surface area (TPSA) is 80.9 Å². The third kappa shape index (κ3) is 5.66. The summed E-state index contributed by atoms with van der Waals surface area (Å²) < 4.78 is 0. The fraction of sp³-hybridized carbons (Fsp3) is 0.793. The van der Waals surface area contributed by atoms with Gasteiger partial charge in [-0.25, -0.2) is 0 Å². The molecule has 0 spiro atoms. The maximum absolute atomic E-state index is 10.6. The van der Waals surface area contributed by atoms with Crippen molar-refractivity contribution in [3.05, 3.63) is 35.5 Å². The second kappa shape index (κ2) is 9.97. The molecule has 7 atom stereocenters. The molecule has 0 aromatic heterocycles. The van der Waals surface area contributed by atoms with E-state index < -0.39 is 23.4 Å². The van der Waals surface area contributed by atoms with Gasteiger partial charge in [0.15, 0.2) is 0 Å². The maximum Gasteiger partial charge on any atom is 0.0900 e. The average molecular weight is 461 g/mol. The van der Waals surface area contributed by atoms with Gasteiger partial charge in [-0.2, -0.15) is 0 Å². The zero-order chi connectivity index (χ0) is 24.6. The van der Waals surface area contributed by atoms with E-state index in [1.807, 2.05) is 0 Å². The molecule has 0 aromatic carbocycles. The molecule has 0 heterocycles. The van der Waals surface area contributed by atoms with Gasteiger partial charge in [-0.15, -0.1) is 0 Å². The molecule has 0 amide bonds. The first kappa shape index (κ1) is 26.7. The highest BCUT2D eigenvalue weighted by atomic mass is 16.4. The Bertz CT molecular complexity index is 771. The Kier molecular flexibility index (Phi) is 8.05. The van der Waals surface area contributed by atoms with Crippen LogP contribution in [0.3, 0.4) is 0 Å². The third-order valence-electron chi connectivity index (χ3n) is 9.63. The number of rotatable bonds is 7. The molecule has 188 valence electrons. The molecule has 4 N–H and O–H groups in total. The predicted molar refractivity (Wildman–Crippen MR) is 135 cm³/mol. The smallest absolute Gasteiger partial charge is 0.0900 e. The molecular formula is C29H48O4. The number of aliphatic hydroxyl groups excluding tert-OH is 2. The SMILES string of the molecule is C=C1/C(=C\C=C2/CCC[C@@]3(C)C2CC[C@@H]3[C@H](C)CCC[C@@](C)(O)C(C)(C)O)C[C@@H](O)C[C@@H]1O. The molecule has 0 aliphatic heterocycles. The first-order valence-corrected chi connectivity index (χ1v) is 13.2.